The molecule has 0 unspecified atom stereocenters. The molecule has 1 aromatic heterocycles. The molecule has 0 saturated heterocycles. The van der Waals surface area contributed by atoms with E-state index >= 15 is 0 Å². The largest absolute Gasteiger partial charge is 0.481 e. The number of amides is 1. The van der Waals surface area contributed by atoms with Crippen LogP contribution in [0.4, 0.5) is 0 Å². The van der Waals surface area contributed by atoms with Crippen molar-refractivity contribution in [2.75, 3.05) is 6.54 Å². The molecule has 3 rings (SSSR count). The first-order chi connectivity index (χ1) is 11.9. The highest BCUT2D eigenvalue weighted by Crippen LogP contribution is 2.54. The highest BCUT2D eigenvalue weighted by atomic mass is 16.4. The van der Waals surface area contributed by atoms with E-state index in [-0.39, 0.29) is 11.3 Å². The molecular formula is C20H22N2O3. The zero-order valence-corrected chi connectivity index (χ0v) is 14.4. The van der Waals surface area contributed by atoms with Gasteiger partial charge in [0.1, 0.15) is 5.41 Å². The van der Waals surface area contributed by atoms with Gasteiger partial charge in [0.2, 0.25) is 5.91 Å². The molecule has 1 aromatic carbocycles. The van der Waals surface area contributed by atoms with Crippen LogP contribution in [0.2, 0.25) is 0 Å². The van der Waals surface area contributed by atoms with Crippen molar-refractivity contribution in [3.05, 3.63) is 66.0 Å². The smallest absolute Gasteiger partial charge is 0.314 e. The monoisotopic (exact) mass is 338 g/mol. The van der Waals surface area contributed by atoms with Crippen molar-refractivity contribution < 1.29 is 14.7 Å². The average Bonchev–Trinajstić information content (AvgIpc) is 3.39. The molecule has 0 aliphatic heterocycles. The van der Waals surface area contributed by atoms with Gasteiger partial charge >= 0.3 is 5.97 Å². The topological polar surface area (TPSA) is 79.3 Å². The van der Waals surface area contributed by atoms with E-state index in [0.717, 1.165) is 5.56 Å². The van der Waals surface area contributed by atoms with E-state index in [4.69, 9.17) is 0 Å². The first-order valence-electron chi connectivity index (χ1n) is 8.35. The van der Waals surface area contributed by atoms with Gasteiger partial charge in [0, 0.05) is 24.4 Å². The first-order valence-corrected chi connectivity index (χ1v) is 8.35. The molecule has 1 heterocycles. The van der Waals surface area contributed by atoms with Crippen LogP contribution in [0.25, 0.3) is 0 Å². The molecule has 0 bridgehead atoms. The normalized spacial score (nSPS) is 22.2. The molecule has 1 saturated carbocycles. The number of aliphatic carboxylic acids is 1. The maximum absolute atomic E-state index is 12.6. The van der Waals surface area contributed by atoms with E-state index in [9.17, 15) is 14.7 Å². The van der Waals surface area contributed by atoms with E-state index < -0.39 is 17.3 Å². The second-order valence-electron chi connectivity index (χ2n) is 7.24. The van der Waals surface area contributed by atoms with Crippen LogP contribution < -0.4 is 5.32 Å². The molecular weight excluding hydrogens is 316 g/mol. The van der Waals surface area contributed by atoms with Crippen LogP contribution in [0.1, 0.15) is 31.4 Å². The Hall–Kier alpha value is -2.69. The second-order valence-corrected chi connectivity index (χ2v) is 7.24. The average molecular weight is 338 g/mol. The summed E-state index contributed by atoms with van der Waals surface area (Å²) in [4.78, 5) is 28.5. The summed E-state index contributed by atoms with van der Waals surface area (Å²) in [7, 11) is 0. The van der Waals surface area contributed by atoms with Gasteiger partial charge in [-0.1, -0.05) is 50.2 Å². The molecule has 2 aromatic rings. The molecule has 5 nitrogen and oxygen atoms in total. The van der Waals surface area contributed by atoms with E-state index in [1.54, 1.807) is 36.7 Å². The molecule has 1 fully saturated rings. The highest BCUT2D eigenvalue weighted by molar-refractivity contribution is 5.97. The summed E-state index contributed by atoms with van der Waals surface area (Å²) in [6.45, 7) is 4.48. The van der Waals surface area contributed by atoms with Crippen LogP contribution in [0.5, 0.6) is 0 Å². The molecule has 1 aliphatic carbocycles. The quantitative estimate of drug-likeness (QED) is 0.848. The Kier molecular flexibility index (Phi) is 4.33. The Balaban J connectivity index is 1.70. The number of benzene rings is 1. The lowest BCUT2D eigenvalue weighted by Crippen LogP contribution is -2.39. The summed E-state index contributed by atoms with van der Waals surface area (Å²) >= 11 is 0. The number of pyridine rings is 1. The molecule has 0 spiro atoms. The number of rotatable bonds is 6. The third-order valence-corrected chi connectivity index (χ3v) is 5.10. The number of carboxylic acids is 1. The van der Waals surface area contributed by atoms with Crippen molar-refractivity contribution in [2.45, 2.75) is 31.1 Å². The van der Waals surface area contributed by atoms with Crippen LogP contribution in [-0.4, -0.2) is 28.5 Å². The number of nitrogens with one attached hydrogen (secondary N) is 1. The van der Waals surface area contributed by atoms with Crippen LogP contribution in [-0.2, 0) is 20.4 Å². The van der Waals surface area contributed by atoms with Crippen molar-refractivity contribution in [3.63, 3.8) is 0 Å². The third kappa shape index (κ3) is 3.14. The Morgan fingerprint density at radius 2 is 1.96 bits per heavy atom. The number of aromatic nitrogens is 1. The van der Waals surface area contributed by atoms with Crippen LogP contribution in [0.3, 0.4) is 0 Å². The SMILES string of the molecule is CC(C)(CNC(=O)[C@@H]1C[C@@]1(C(=O)O)c1ccccc1)c1cccnc1. The van der Waals surface area contributed by atoms with E-state index in [1.807, 2.05) is 32.0 Å². The fraction of sp³-hybridized carbons (Fsp3) is 0.350. The Bertz CT molecular complexity index is 774. The summed E-state index contributed by atoms with van der Waals surface area (Å²) in [5, 5.41) is 12.6. The molecule has 0 radical (unpaired) electrons. The predicted octanol–water partition coefficient (Wildman–Crippen LogP) is 2.52. The van der Waals surface area contributed by atoms with Crippen molar-refractivity contribution in [1.29, 1.82) is 0 Å². The van der Waals surface area contributed by atoms with Crippen molar-refractivity contribution >= 4 is 11.9 Å². The Morgan fingerprint density at radius 1 is 1.24 bits per heavy atom. The lowest BCUT2D eigenvalue weighted by atomic mass is 9.85. The van der Waals surface area contributed by atoms with Gasteiger partial charge in [0.15, 0.2) is 0 Å². The molecule has 2 N–H and O–H groups in total. The molecule has 130 valence electrons. The predicted molar refractivity (Wildman–Crippen MR) is 94.1 cm³/mol. The molecule has 1 aliphatic rings. The third-order valence-electron chi connectivity index (χ3n) is 5.10. The number of carboxylic acid groups (broad SMARTS) is 1. The van der Waals surface area contributed by atoms with Crippen LogP contribution in [0.15, 0.2) is 54.9 Å². The number of carbonyl (C=O) groups is 2. The number of carbonyl (C=O) groups excluding carboxylic acids is 1. The van der Waals surface area contributed by atoms with Crippen LogP contribution in [0, 0.1) is 5.92 Å². The van der Waals surface area contributed by atoms with Gasteiger partial charge in [0.25, 0.3) is 0 Å². The summed E-state index contributed by atoms with van der Waals surface area (Å²) in [5.74, 6) is -1.68. The highest BCUT2D eigenvalue weighted by Gasteiger charge is 2.65. The fourth-order valence-electron chi connectivity index (χ4n) is 3.29. The number of nitrogens with zero attached hydrogens (tertiary/aromatic N) is 1. The van der Waals surface area contributed by atoms with Gasteiger partial charge < -0.3 is 10.4 Å². The maximum Gasteiger partial charge on any atom is 0.314 e. The van der Waals surface area contributed by atoms with Crippen molar-refractivity contribution in [1.82, 2.24) is 10.3 Å². The Labute approximate surface area is 147 Å². The minimum absolute atomic E-state index is 0.205. The summed E-state index contributed by atoms with van der Waals surface area (Å²) < 4.78 is 0. The van der Waals surface area contributed by atoms with Gasteiger partial charge in [0.05, 0.1) is 5.92 Å². The lowest BCUT2D eigenvalue weighted by Gasteiger charge is -2.25. The van der Waals surface area contributed by atoms with E-state index in [0.29, 0.717) is 18.5 Å². The molecule has 2 atom stereocenters. The number of hydrogen-bond donors (Lipinski definition) is 2. The van der Waals surface area contributed by atoms with E-state index in [1.165, 1.54) is 0 Å². The minimum atomic E-state index is -1.09. The van der Waals surface area contributed by atoms with Gasteiger partial charge in [-0.05, 0) is 23.6 Å². The van der Waals surface area contributed by atoms with Gasteiger partial charge in [-0.2, -0.15) is 0 Å². The molecule has 1 amide bonds. The van der Waals surface area contributed by atoms with E-state index in [2.05, 4.69) is 10.3 Å². The van der Waals surface area contributed by atoms with Crippen LogP contribution >= 0.6 is 0 Å². The van der Waals surface area contributed by atoms with Gasteiger partial charge in [-0.25, -0.2) is 0 Å². The summed E-state index contributed by atoms with van der Waals surface area (Å²) in [5.41, 5.74) is 0.342. The molecule has 5 heteroatoms. The summed E-state index contributed by atoms with van der Waals surface area (Å²) in [6, 6.07) is 12.8. The lowest BCUT2D eigenvalue weighted by molar-refractivity contribution is -0.141. The fourth-order valence-corrected chi connectivity index (χ4v) is 3.29. The Morgan fingerprint density at radius 3 is 2.56 bits per heavy atom. The maximum atomic E-state index is 12.6. The zero-order valence-electron chi connectivity index (χ0n) is 14.4. The standard InChI is InChI=1S/C20H22N2O3/c1-19(2,15-9-6-10-21-12-15)13-22-17(23)16-11-20(16,18(24)25)14-7-4-3-5-8-14/h3-10,12,16H,11,13H2,1-2H3,(H,22,23)(H,24,25)/t16-,20+/m0/s1. The second kappa shape index (κ2) is 6.31. The minimum Gasteiger partial charge on any atom is -0.481 e. The number of hydrogen-bond acceptors (Lipinski definition) is 3. The van der Waals surface area contributed by atoms with Crippen molar-refractivity contribution in [3.8, 4) is 0 Å². The first kappa shape index (κ1) is 17.1. The van der Waals surface area contributed by atoms with Crippen molar-refractivity contribution in [2.24, 2.45) is 5.92 Å². The summed E-state index contributed by atoms with van der Waals surface area (Å²) in [6.07, 6.45) is 3.84. The van der Waals surface area contributed by atoms with Gasteiger partial charge in [-0.15, -0.1) is 0 Å². The van der Waals surface area contributed by atoms with Gasteiger partial charge in [-0.3, -0.25) is 14.6 Å². The molecule has 25 heavy (non-hydrogen) atoms. The zero-order chi connectivity index (χ0) is 18.1.